The van der Waals surface area contributed by atoms with Crippen LogP contribution in [0.5, 0.6) is 5.75 Å². The molecular formula is C24H30N4O2. The van der Waals surface area contributed by atoms with Crippen molar-refractivity contribution < 1.29 is 10.2 Å². The van der Waals surface area contributed by atoms with Crippen molar-refractivity contribution in [1.82, 2.24) is 14.9 Å². The Morgan fingerprint density at radius 2 is 2.07 bits per heavy atom. The SMILES string of the molecule is C=CCc1cccc(CN2C3CCC2c2cnc(N4CCCC(O)C4)nc2C3)c1O. The van der Waals surface area contributed by atoms with Crippen molar-refractivity contribution in [3.63, 3.8) is 0 Å². The number of β-amino-alcohol motifs (C(OH)–C–C–N with tert-alkyl or cyclic N) is 1. The molecule has 3 unspecified atom stereocenters. The number of aromatic nitrogens is 2. The fraction of sp³-hybridized carbons (Fsp3) is 0.500. The number of aliphatic hydroxyl groups is 1. The standard InChI is InChI=1S/C24H30N4O2/c1-2-5-16-6-3-7-17(23(16)30)14-28-18-9-10-22(28)20-13-25-24(26-21(20)12-18)27-11-4-8-19(29)15-27/h2-3,6-7,13,18-19,22,29-30H,1,4-5,8-12,14-15H2. The van der Waals surface area contributed by atoms with Crippen molar-refractivity contribution in [2.45, 2.75) is 63.3 Å². The molecule has 2 saturated heterocycles. The number of hydrogen-bond acceptors (Lipinski definition) is 6. The Balaban J connectivity index is 1.38. The number of phenols is 1. The molecule has 0 aliphatic carbocycles. The number of aliphatic hydroxyl groups excluding tert-OH is 1. The second-order valence-corrected chi connectivity index (χ2v) is 8.86. The second kappa shape index (κ2) is 8.00. The molecule has 2 N–H and O–H groups in total. The van der Waals surface area contributed by atoms with Crippen LogP contribution in [0.2, 0.25) is 0 Å². The number of piperidine rings is 1. The first-order valence-corrected chi connectivity index (χ1v) is 11.1. The average Bonchev–Trinajstić information content (AvgIpc) is 3.02. The van der Waals surface area contributed by atoms with Gasteiger partial charge in [0.15, 0.2) is 0 Å². The summed E-state index contributed by atoms with van der Waals surface area (Å²) < 4.78 is 0. The summed E-state index contributed by atoms with van der Waals surface area (Å²) in [5, 5.41) is 20.7. The summed E-state index contributed by atoms with van der Waals surface area (Å²) in [4.78, 5) is 14.2. The molecule has 2 fully saturated rings. The van der Waals surface area contributed by atoms with Gasteiger partial charge in [0.2, 0.25) is 5.95 Å². The Morgan fingerprint density at radius 1 is 1.20 bits per heavy atom. The third-order valence-corrected chi connectivity index (χ3v) is 6.92. The van der Waals surface area contributed by atoms with Gasteiger partial charge in [0.25, 0.3) is 0 Å². The van der Waals surface area contributed by atoms with Gasteiger partial charge in [-0.25, -0.2) is 9.97 Å². The monoisotopic (exact) mass is 406 g/mol. The van der Waals surface area contributed by atoms with Crippen molar-refractivity contribution >= 4 is 5.95 Å². The third kappa shape index (κ3) is 3.48. The van der Waals surface area contributed by atoms with E-state index >= 15 is 0 Å². The molecule has 3 aliphatic heterocycles. The summed E-state index contributed by atoms with van der Waals surface area (Å²) in [5.41, 5.74) is 4.30. The van der Waals surface area contributed by atoms with Gasteiger partial charge < -0.3 is 15.1 Å². The first-order valence-electron chi connectivity index (χ1n) is 11.1. The fourth-order valence-electron chi connectivity index (χ4n) is 5.39. The minimum absolute atomic E-state index is 0.283. The molecule has 2 aromatic rings. The fourth-order valence-corrected chi connectivity index (χ4v) is 5.39. The zero-order valence-corrected chi connectivity index (χ0v) is 17.4. The summed E-state index contributed by atoms with van der Waals surface area (Å²) in [6.07, 6.45) is 9.25. The quantitative estimate of drug-likeness (QED) is 0.744. The first kappa shape index (κ1) is 19.5. The van der Waals surface area contributed by atoms with Gasteiger partial charge in [0, 0.05) is 55.5 Å². The number of aromatic hydroxyl groups is 1. The largest absolute Gasteiger partial charge is 0.507 e. The smallest absolute Gasteiger partial charge is 0.225 e. The van der Waals surface area contributed by atoms with E-state index in [1.54, 1.807) is 0 Å². The summed E-state index contributed by atoms with van der Waals surface area (Å²) in [7, 11) is 0. The molecule has 0 saturated carbocycles. The van der Waals surface area contributed by atoms with Crippen LogP contribution >= 0.6 is 0 Å². The molecule has 6 heteroatoms. The molecule has 30 heavy (non-hydrogen) atoms. The van der Waals surface area contributed by atoms with Gasteiger partial charge in [0.05, 0.1) is 11.8 Å². The molecule has 4 heterocycles. The predicted octanol–water partition coefficient (Wildman–Crippen LogP) is 3.13. The number of phenolic OH excluding ortho intramolecular Hbond substituents is 1. The molecule has 0 amide bonds. The minimum Gasteiger partial charge on any atom is -0.507 e. The summed E-state index contributed by atoms with van der Waals surface area (Å²) in [6.45, 7) is 6.07. The van der Waals surface area contributed by atoms with Crippen LogP contribution < -0.4 is 4.90 Å². The highest BCUT2D eigenvalue weighted by molar-refractivity contribution is 5.42. The summed E-state index contributed by atoms with van der Waals surface area (Å²) >= 11 is 0. The summed E-state index contributed by atoms with van der Waals surface area (Å²) in [5.74, 6) is 1.16. The van der Waals surface area contributed by atoms with Gasteiger partial charge in [0.1, 0.15) is 5.75 Å². The number of nitrogens with zero attached hydrogens (tertiary/aromatic N) is 4. The van der Waals surface area contributed by atoms with Crippen LogP contribution in [0.3, 0.4) is 0 Å². The van der Waals surface area contributed by atoms with E-state index in [1.165, 1.54) is 5.56 Å². The van der Waals surface area contributed by atoms with Crippen LogP contribution in [-0.4, -0.2) is 50.3 Å². The van der Waals surface area contributed by atoms with E-state index in [4.69, 9.17) is 4.98 Å². The molecule has 1 aromatic heterocycles. The van der Waals surface area contributed by atoms with E-state index in [-0.39, 0.29) is 6.10 Å². The lowest BCUT2D eigenvalue weighted by Crippen LogP contribution is -2.41. The topological polar surface area (TPSA) is 72.7 Å². The van der Waals surface area contributed by atoms with Gasteiger partial charge in [-0.1, -0.05) is 24.3 Å². The molecule has 0 spiro atoms. The highest BCUT2D eigenvalue weighted by atomic mass is 16.3. The van der Waals surface area contributed by atoms with Crippen LogP contribution in [0.1, 0.15) is 54.1 Å². The highest BCUT2D eigenvalue weighted by Crippen LogP contribution is 2.44. The Kier molecular flexibility index (Phi) is 5.21. The van der Waals surface area contributed by atoms with Gasteiger partial charge in [-0.05, 0) is 37.7 Å². The van der Waals surface area contributed by atoms with Gasteiger partial charge in [-0.15, -0.1) is 6.58 Å². The molecule has 3 aliphatic rings. The van der Waals surface area contributed by atoms with Crippen molar-refractivity contribution in [2.24, 2.45) is 0 Å². The Labute approximate surface area is 177 Å². The molecule has 6 nitrogen and oxygen atoms in total. The molecular weight excluding hydrogens is 376 g/mol. The highest BCUT2D eigenvalue weighted by Gasteiger charge is 2.41. The third-order valence-electron chi connectivity index (χ3n) is 6.92. The number of benzene rings is 1. The van der Waals surface area contributed by atoms with Gasteiger partial charge in [-0.2, -0.15) is 0 Å². The van der Waals surface area contributed by atoms with Crippen LogP contribution in [0.4, 0.5) is 5.95 Å². The second-order valence-electron chi connectivity index (χ2n) is 8.86. The molecule has 158 valence electrons. The summed E-state index contributed by atoms with van der Waals surface area (Å²) in [6, 6.07) is 6.77. The van der Waals surface area contributed by atoms with E-state index in [0.29, 0.717) is 30.8 Å². The maximum absolute atomic E-state index is 10.7. The average molecular weight is 407 g/mol. The molecule has 5 rings (SSSR count). The maximum atomic E-state index is 10.7. The molecule has 0 radical (unpaired) electrons. The normalized spacial score (nSPS) is 25.9. The van der Waals surface area contributed by atoms with E-state index < -0.39 is 0 Å². The first-order chi connectivity index (χ1) is 14.6. The van der Waals surface area contributed by atoms with E-state index in [9.17, 15) is 10.2 Å². The number of allylic oxidation sites excluding steroid dienone is 1. The lowest BCUT2D eigenvalue weighted by Gasteiger charge is -2.37. The van der Waals surface area contributed by atoms with Crippen molar-refractivity contribution in [3.05, 3.63) is 59.4 Å². The number of rotatable bonds is 5. The van der Waals surface area contributed by atoms with E-state index in [1.807, 2.05) is 30.5 Å². The number of anilines is 1. The number of fused-ring (bicyclic) bond motifs is 4. The minimum atomic E-state index is -0.283. The Hall–Kier alpha value is -2.44. The van der Waals surface area contributed by atoms with Crippen LogP contribution in [0, 0.1) is 0 Å². The van der Waals surface area contributed by atoms with Crippen molar-refractivity contribution in [3.8, 4) is 5.75 Å². The maximum Gasteiger partial charge on any atom is 0.225 e. The Bertz CT molecular complexity index is 947. The predicted molar refractivity (Wildman–Crippen MR) is 117 cm³/mol. The van der Waals surface area contributed by atoms with Crippen LogP contribution in [0.25, 0.3) is 0 Å². The van der Waals surface area contributed by atoms with Crippen LogP contribution in [-0.2, 0) is 19.4 Å². The molecule has 3 atom stereocenters. The zero-order valence-electron chi connectivity index (χ0n) is 17.4. The van der Waals surface area contributed by atoms with E-state index in [2.05, 4.69) is 21.4 Å². The number of hydrogen-bond donors (Lipinski definition) is 2. The van der Waals surface area contributed by atoms with E-state index in [0.717, 1.165) is 68.0 Å². The molecule has 2 bridgehead atoms. The molecule has 1 aromatic carbocycles. The van der Waals surface area contributed by atoms with Crippen molar-refractivity contribution in [1.29, 1.82) is 0 Å². The van der Waals surface area contributed by atoms with Crippen molar-refractivity contribution in [2.75, 3.05) is 18.0 Å². The van der Waals surface area contributed by atoms with Crippen LogP contribution in [0.15, 0.2) is 37.1 Å². The van der Waals surface area contributed by atoms with Gasteiger partial charge >= 0.3 is 0 Å². The zero-order chi connectivity index (χ0) is 20.7. The lowest BCUT2D eigenvalue weighted by molar-refractivity contribution is 0.153. The Morgan fingerprint density at radius 3 is 2.90 bits per heavy atom. The lowest BCUT2D eigenvalue weighted by atomic mass is 9.97. The number of para-hydroxylation sites is 1. The van der Waals surface area contributed by atoms with Gasteiger partial charge in [-0.3, -0.25) is 4.90 Å².